The Kier molecular flexibility index (Phi) is 4.15. The summed E-state index contributed by atoms with van der Waals surface area (Å²) in [7, 11) is -3.85. The Labute approximate surface area is 117 Å². The number of sulfonamides is 1. The quantitative estimate of drug-likeness (QED) is 0.550. The van der Waals surface area contributed by atoms with Crippen LogP contribution < -0.4 is 21.5 Å². The van der Waals surface area contributed by atoms with Crippen LogP contribution in [-0.2, 0) is 14.8 Å². The van der Waals surface area contributed by atoms with Gasteiger partial charge in [0.05, 0.1) is 11.4 Å². The minimum absolute atomic E-state index is 0.0267. The van der Waals surface area contributed by atoms with E-state index in [1.165, 1.54) is 6.07 Å². The van der Waals surface area contributed by atoms with Crippen LogP contribution in [0.2, 0.25) is 0 Å². The minimum Gasteiger partial charge on any atom is -0.396 e. The highest BCUT2D eigenvalue weighted by atomic mass is 32.2. The fourth-order valence-electron chi connectivity index (χ4n) is 1.78. The summed E-state index contributed by atoms with van der Waals surface area (Å²) in [5.41, 5.74) is 6.28. The van der Waals surface area contributed by atoms with Gasteiger partial charge in [-0.15, -0.1) is 0 Å². The third kappa shape index (κ3) is 3.84. The molecule has 7 nitrogen and oxygen atoms in total. The zero-order chi connectivity index (χ0) is 14.8. The summed E-state index contributed by atoms with van der Waals surface area (Å²) in [6.07, 6.45) is 2.39. The molecule has 6 N–H and O–H groups in total. The van der Waals surface area contributed by atoms with Gasteiger partial charge in [-0.05, 0) is 25.0 Å². The zero-order valence-electron chi connectivity index (χ0n) is 10.9. The van der Waals surface area contributed by atoms with Gasteiger partial charge in [-0.25, -0.2) is 13.6 Å². The lowest BCUT2D eigenvalue weighted by atomic mass is 10.2. The molecule has 0 aliphatic heterocycles. The van der Waals surface area contributed by atoms with Crippen molar-refractivity contribution in [2.45, 2.75) is 30.2 Å². The first-order valence-electron chi connectivity index (χ1n) is 6.32. The summed E-state index contributed by atoms with van der Waals surface area (Å²) in [5.74, 6) is -0.0267. The average Bonchev–Trinajstić information content (AvgIpc) is 3.13. The van der Waals surface area contributed by atoms with Crippen LogP contribution in [0.4, 0.5) is 11.4 Å². The molecule has 2 rings (SSSR count). The van der Waals surface area contributed by atoms with Crippen molar-refractivity contribution in [3.05, 3.63) is 18.2 Å². The first kappa shape index (κ1) is 14.6. The topological polar surface area (TPSA) is 127 Å². The Balaban J connectivity index is 1.94. The molecular weight excluding hydrogens is 280 g/mol. The van der Waals surface area contributed by atoms with E-state index in [1.807, 2.05) is 0 Å². The number of primary sulfonamides is 1. The van der Waals surface area contributed by atoms with E-state index in [0.29, 0.717) is 24.7 Å². The number of nitrogens with one attached hydrogen (secondary N) is 2. The summed E-state index contributed by atoms with van der Waals surface area (Å²) < 4.78 is 22.6. The predicted octanol–water partition coefficient (Wildman–Crippen LogP) is -0.00320. The number of nitrogen functional groups attached to an aromatic ring is 1. The van der Waals surface area contributed by atoms with Crippen molar-refractivity contribution in [2.75, 3.05) is 17.6 Å². The average molecular weight is 298 g/mol. The van der Waals surface area contributed by atoms with Crippen molar-refractivity contribution in [1.82, 2.24) is 5.32 Å². The maximum absolute atomic E-state index is 11.5. The van der Waals surface area contributed by atoms with Gasteiger partial charge in [0.25, 0.3) is 0 Å². The number of carbonyl (C=O) groups is 1. The van der Waals surface area contributed by atoms with Gasteiger partial charge in [-0.1, -0.05) is 6.07 Å². The number of para-hydroxylation sites is 1. The molecule has 1 fully saturated rings. The molecule has 0 spiro atoms. The highest BCUT2D eigenvalue weighted by Gasteiger charge is 2.22. The van der Waals surface area contributed by atoms with Crippen LogP contribution in [0.15, 0.2) is 23.1 Å². The zero-order valence-corrected chi connectivity index (χ0v) is 11.7. The van der Waals surface area contributed by atoms with Gasteiger partial charge in [-0.3, -0.25) is 4.79 Å². The van der Waals surface area contributed by atoms with Crippen LogP contribution >= 0.6 is 0 Å². The van der Waals surface area contributed by atoms with Crippen LogP contribution in [0.3, 0.4) is 0 Å². The number of hydrogen-bond acceptors (Lipinski definition) is 5. The molecule has 1 aromatic carbocycles. The maximum Gasteiger partial charge on any atom is 0.240 e. The smallest absolute Gasteiger partial charge is 0.240 e. The Morgan fingerprint density at radius 3 is 2.65 bits per heavy atom. The molecule has 1 saturated carbocycles. The second-order valence-electron chi connectivity index (χ2n) is 4.78. The monoisotopic (exact) mass is 298 g/mol. The lowest BCUT2D eigenvalue weighted by Gasteiger charge is -2.11. The van der Waals surface area contributed by atoms with Gasteiger partial charge < -0.3 is 16.4 Å². The number of nitrogens with two attached hydrogens (primary N) is 2. The van der Waals surface area contributed by atoms with Crippen molar-refractivity contribution in [2.24, 2.45) is 5.14 Å². The fraction of sp³-hybridized carbons (Fsp3) is 0.417. The van der Waals surface area contributed by atoms with Gasteiger partial charge in [0.1, 0.15) is 4.90 Å². The molecule has 0 unspecified atom stereocenters. The van der Waals surface area contributed by atoms with Crippen LogP contribution in [-0.4, -0.2) is 26.9 Å². The van der Waals surface area contributed by atoms with Crippen LogP contribution in [0, 0.1) is 0 Å². The van der Waals surface area contributed by atoms with Gasteiger partial charge >= 0.3 is 0 Å². The minimum atomic E-state index is -3.85. The summed E-state index contributed by atoms with van der Waals surface area (Å²) >= 11 is 0. The SMILES string of the molecule is Nc1c(NCCC(=O)NC2CC2)cccc1S(N)(=O)=O. The third-order valence-electron chi connectivity index (χ3n) is 2.98. The second kappa shape index (κ2) is 5.68. The van der Waals surface area contributed by atoms with E-state index in [-0.39, 0.29) is 16.5 Å². The molecule has 0 saturated heterocycles. The second-order valence-corrected chi connectivity index (χ2v) is 6.31. The highest BCUT2D eigenvalue weighted by Crippen LogP contribution is 2.25. The molecule has 0 heterocycles. The van der Waals surface area contributed by atoms with Crippen molar-refractivity contribution >= 4 is 27.3 Å². The lowest BCUT2D eigenvalue weighted by Crippen LogP contribution is -2.27. The van der Waals surface area contributed by atoms with Gasteiger partial charge in [0, 0.05) is 19.0 Å². The molecule has 0 atom stereocenters. The first-order valence-corrected chi connectivity index (χ1v) is 7.87. The molecular formula is C12H18N4O3S. The normalized spacial score (nSPS) is 14.8. The summed E-state index contributed by atoms with van der Waals surface area (Å²) in [5, 5.41) is 10.9. The van der Waals surface area contributed by atoms with Gasteiger partial charge in [0.15, 0.2) is 0 Å². The summed E-state index contributed by atoms with van der Waals surface area (Å²) in [6.45, 7) is 0.372. The van der Waals surface area contributed by atoms with E-state index in [9.17, 15) is 13.2 Å². The molecule has 8 heteroatoms. The van der Waals surface area contributed by atoms with E-state index in [1.54, 1.807) is 12.1 Å². The molecule has 1 aliphatic carbocycles. The molecule has 0 aromatic heterocycles. The summed E-state index contributed by atoms with van der Waals surface area (Å²) in [6, 6.07) is 4.86. The molecule has 1 aromatic rings. The maximum atomic E-state index is 11.5. The lowest BCUT2D eigenvalue weighted by molar-refractivity contribution is -0.120. The van der Waals surface area contributed by atoms with Crippen LogP contribution in [0.1, 0.15) is 19.3 Å². The van der Waals surface area contributed by atoms with Gasteiger partial charge in [-0.2, -0.15) is 0 Å². The molecule has 110 valence electrons. The molecule has 0 bridgehead atoms. The first-order chi connectivity index (χ1) is 9.38. The predicted molar refractivity (Wildman–Crippen MR) is 76.5 cm³/mol. The Hall–Kier alpha value is -1.80. The van der Waals surface area contributed by atoms with E-state index in [0.717, 1.165) is 12.8 Å². The van der Waals surface area contributed by atoms with Crippen molar-refractivity contribution < 1.29 is 13.2 Å². The Morgan fingerprint density at radius 2 is 2.05 bits per heavy atom. The van der Waals surface area contributed by atoms with Crippen LogP contribution in [0.25, 0.3) is 0 Å². The Morgan fingerprint density at radius 1 is 1.35 bits per heavy atom. The van der Waals surface area contributed by atoms with E-state index in [4.69, 9.17) is 10.9 Å². The largest absolute Gasteiger partial charge is 0.396 e. The molecule has 1 aliphatic rings. The number of amides is 1. The summed E-state index contributed by atoms with van der Waals surface area (Å²) in [4.78, 5) is 11.4. The molecule has 1 amide bonds. The van der Waals surface area contributed by atoms with Gasteiger partial charge in [0.2, 0.25) is 15.9 Å². The number of anilines is 2. The van der Waals surface area contributed by atoms with E-state index in [2.05, 4.69) is 10.6 Å². The fourth-order valence-corrected chi connectivity index (χ4v) is 2.47. The van der Waals surface area contributed by atoms with Crippen molar-refractivity contribution in [3.63, 3.8) is 0 Å². The van der Waals surface area contributed by atoms with Crippen LogP contribution in [0.5, 0.6) is 0 Å². The van der Waals surface area contributed by atoms with Crippen molar-refractivity contribution in [3.8, 4) is 0 Å². The van der Waals surface area contributed by atoms with Crippen molar-refractivity contribution in [1.29, 1.82) is 0 Å². The van der Waals surface area contributed by atoms with E-state index < -0.39 is 10.0 Å². The number of benzene rings is 1. The van der Waals surface area contributed by atoms with E-state index >= 15 is 0 Å². The Bertz CT molecular complexity index is 611. The standard InChI is InChI=1S/C12H18N4O3S/c13-12-9(2-1-3-10(12)20(14,18)19)15-7-6-11(17)16-8-4-5-8/h1-3,8,15H,4-7,13H2,(H,16,17)(H2,14,18,19). The third-order valence-corrected chi connectivity index (χ3v) is 3.95. The molecule has 0 radical (unpaired) electrons. The number of rotatable bonds is 6. The number of carbonyl (C=O) groups excluding carboxylic acids is 1. The number of hydrogen-bond donors (Lipinski definition) is 4. The highest BCUT2D eigenvalue weighted by molar-refractivity contribution is 7.89. The molecule has 20 heavy (non-hydrogen) atoms.